The second-order valence-corrected chi connectivity index (χ2v) is 11.2. The van der Waals surface area contributed by atoms with Gasteiger partial charge in [0.2, 0.25) is 11.8 Å². The second kappa shape index (κ2) is 12.0. The molecule has 2 aromatic carbocycles. The zero-order valence-corrected chi connectivity index (χ0v) is 24.8. The van der Waals surface area contributed by atoms with E-state index in [0.717, 1.165) is 44.0 Å². The molecule has 2 saturated heterocycles. The molecule has 0 bridgehead atoms. The number of nitrogens with zero attached hydrogens (tertiary/aromatic N) is 7. The zero-order valence-electron chi connectivity index (χ0n) is 24.8. The summed E-state index contributed by atoms with van der Waals surface area (Å²) in [5.74, 6) is 1.33. The quantitative estimate of drug-likeness (QED) is 0.357. The Morgan fingerprint density at radius 2 is 1.74 bits per heavy atom. The van der Waals surface area contributed by atoms with Crippen LogP contribution in [0.5, 0.6) is 11.6 Å². The van der Waals surface area contributed by atoms with Crippen LogP contribution in [0.4, 0.5) is 11.6 Å². The molecule has 1 N–H and O–H groups in total. The first-order valence-corrected chi connectivity index (χ1v) is 14.5. The van der Waals surface area contributed by atoms with Crippen LogP contribution in [0, 0.1) is 13.8 Å². The molecule has 2 aromatic heterocycles. The van der Waals surface area contributed by atoms with Gasteiger partial charge in [-0.25, -0.2) is 0 Å². The lowest BCUT2D eigenvalue weighted by molar-refractivity contribution is 0.102. The maximum Gasteiger partial charge on any atom is 0.255 e. The van der Waals surface area contributed by atoms with Crippen LogP contribution in [0.2, 0.25) is 0 Å². The summed E-state index contributed by atoms with van der Waals surface area (Å²) >= 11 is 0. The summed E-state index contributed by atoms with van der Waals surface area (Å²) in [4.78, 5) is 29.7. The number of likely N-dealkylation sites (N-methyl/N-ethyl adjacent to an activating group) is 1. The van der Waals surface area contributed by atoms with E-state index in [1.165, 1.54) is 11.1 Å². The highest BCUT2D eigenvalue weighted by Gasteiger charge is 2.21. The van der Waals surface area contributed by atoms with Crippen LogP contribution in [0.3, 0.4) is 0 Å². The number of carbonyl (C=O) groups is 1. The number of benzene rings is 2. The standard InChI is InChI=1S/C31H38N8O3/c1-21-5-6-23(29(40)33-25-8-7-24(22(2)17-25)20-38-11-9-36(3)10-12-38)18-27(21)42-30-26-19-32-37(4)28(26)34-31(35-30)39-13-15-41-16-14-39/h5-8,17-19H,9-16,20H2,1-4H3,(H,33,40). The van der Waals surface area contributed by atoms with Gasteiger partial charge in [-0.3, -0.25) is 14.4 Å². The molecule has 1 amide bonds. The minimum Gasteiger partial charge on any atom is -0.438 e. The molecule has 0 spiro atoms. The van der Waals surface area contributed by atoms with Crippen molar-refractivity contribution in [3.63, 3.8) is 0 Å². The molecule has 42 heavy (non-hydrogen) atoms. The van der Waals surface area contributed by atoms with Gasteiger partial charge in [0.05, 0.1) is 19.4 Å². The van der Waals surface area contributed by atoms with Gasteiger partial charge in [0.1, 0.15) is 11.1 Å². The van der Waals surface area contributed by atoms with Crippen LogP contribution in [0.25, 0.3) is 11.0 Å². The van der Waals surface area contributed by atoms with Gasteiger partial charge in [-0.15, -0.1) is 0 Å². The van der Waals surface area contributed by atoms with Crippen molar-refractivity contribution < 1.29 is 14.3 Å². The number of amides is 1. The maximum atomic E-state index is 13.3. The Labute approximate surface area is 246 Å². The SMILES string of the molecule is Cc1cc(NC(=O)c2ccc(C)c(Oc3nc(N4CCOCC4)nc4c3cnn4C)c2)ccc1CN1CCN(C)CC1. The summed E-state index contributed by atoms with van der Waals surface area (Å²) in [5, 5.41) is 8.13. The molecule has 0 radical (unpaired) electrons. The molecule has 0 atom stereocenters. The van der Waals surface area contributed by atoms with Gasteiger partial charge in [0.15, 0.2) is 5.65 Å². The molecular formula is C31H38N8O3. The highest BCUT2D eigenvalue weighted by molar-refractivity contribution is 6.04. The van der Waals surface area contributed by atoms with Crippen molar-refractivity contribution >= 4 is 28.6 Å². The van der Waals surface area contributed by atoms with Crippen molar-refractivity contribution in [3.8, 4) is 11.6 Å². The molecule has 11 heteroatoms. The minimum atomic E-state index is -0.200. The van der Waals surface area contributed by atoms with Crippen LogP contribution >= 0.6 is 0 Å². The Bertz CT molecular complexity index is 1590. The molecule has 4 heterocycles. The number of nitrogens with one attached hydrogen (secondary N) is 1. The molecule has 6 rings (SSSR count). The molecule has 2 aliphatic rings. The predicted molar refractivity (Wildman–Crippen MR) is 162 cm³/mol. The van der Waals surface area contributed by atoms with E-state index in [0.29, 0.717) is 60.5 Å². The van der Waals surface area contributed by atoms with E-state index in [1.807, 2.05) is 38.2 Å². The van der Waals surface area contributed by atoms with Gasteiger partial charge in [-0.2, -0.15) is 15.1 Å². The Balaban J connectivity index is 1.19. The summed E-state index contributed by atoms with van der Waals surface area (Å²) in [7, 11) is 4.01. The third kappa shape index (κ3) is 6.08. The summed E-state index contributed by atoms with van der Waals surface area (Å²) < 4.78 is 13.6. The van der Waals surface area contributed by atoms with Crippen molar-refractivity contribution in [2.24, 2.45) is 7.05 Å². The third-order valence-corrected chi connectivity index (χ3v) is 8.09. The highest BCUT2D eigenvalue weighted by atomic mass is 16.5. The van der Waals surface area contributed by atoms with E-state index < -0.39 is 0 Å². The number of anilines is 2. The summed E-state index contributed by atoms with van der Waals surface area (Å²) in [5.41, 5.74) is 5.29. The molecule has 220 valence electrons. The summed E-state index contributed by atoms with van der Waals surface area (Å²) in [6.07, 6.45) is 1.70. The number of carbonyl (C=O) groups excluding carboxylic acids is 1. The monoisotopic (exact) mass is 570 g/mol. The minimum absolute atomic E-state index is 0.200. The Kier molecular flexibility index (Phi) is 8.05. The fourth-order valence-corrected chi connectivity index (χ4v) is 5.32. The molecule has 11 nitrogen and oxygen atoms in total. The Hall–Kier alpha value is -4.06. The number of rotatable bonds is 7. The van der Waals surface area contributed by atoms with Gasteiger partial charge in [-0.05, 0) is 61.9 Å². The van der Waals surface area contributed by atoms with Crippen LogP contribution in [0.15, 0.2) is 42.6 Å². The van der Waals surface area contributed by atoms with Crippen LogP contribution in [-0.4, -0.2) is 95.0 Å². The molecule has 0 aliphatic carbocycles. The summed E-state index contributed by atoms with van der Waals surface area (Å²) in [6, 6.07) is 11.6. The lowest BCUT2D eigenvalue weighted by Gasteiger charge is -2.32. The number of piperazine rings is 1. The van der Waals surface area contributed by atoms with Gasteiger partial charge < -0.3 is 24.6 Å². The van der Waals surface area contributed by atoms with Gasteiger partial charge in [0, 0.05) is 64.1 Å². The molecule has 0 saturated carbocycles. The number of aromatic nitrogens is 4. The predicted octanol–water partition coefficient (Wildman–Crippen LogP) is 3.61. The average molecular weight is 571 g/mol. The first-order valence-electron chi connectivity index (χ1n) is 14.5. The molecular weight excluding hydrogens is 532 g/mol. The topological polar surface area (TPSA) is 101 Å². The summed E-state index contributed by atoms with van der Waals surface area (Å²) in [6.45, 7) is 12.0. The van der Waals surface area contributed by atoms with E-state index in [9.17, 15) is 4.79 Å². The fourth-order valence-electron chi connectivity index (χ4n) is 5.32. The largest absolute Gasteiger partial charge is 0.438 e. The number of hydrogen-bond donors (Lipinski definition) is 1. The van der Waals surface area contributed by atoms with Crippen LogP contribution in [0.1, 0.15) is 27.0 Å². The Morgan fingerprint density at radius 3 is 2.50 bits per heavy atom. The first kappa shape index (κ1) is 28.1. The lowest BCUT2D eigenvalue weighted by Crippen LogP contribution is -2.43. The molecule has 2 aliphatic heterocycles. The van der Waals surface area contributed by atoms with E-state index in [4.69, 9.17) is 19.4 Å². The fraction of sp³-hybridized carbons (Fsp3) is 0.419. The number of morpholine rings is 1. The Morgan fingerprint density at radius 1 is 0.952 bits per heavy atom. The second-order valence-electron chi connectivity index (χ2n) is 11.2. The highest BCUT2D eigenvalue weighted by Crippen LogP contribution is 2.32. The molecule has 0 unspecified atom stereocenters. The van der Waals surface area contributed by atoms with E-state index >= 15 is 0 Å². The van der Waals surface area contributed by atoms with E-state index in [1.54, 1.807) is 16.9 Å². The molecule has 4 aromatic rings. The normalized spacial score (nSPS) is 16.6. The number of aryl methyl sites for hydroxylation is 3. The third-order valence-electron chi connectivity index (χ3n) is 8.09. The zero-order chi connectivity index (χ0) is 29.2. The van der Waals surface area contributed by atoms with E-state index in [2.05, 4.69) is 45.2 Å². The number of fused-ring (bicyclic) bond motifs is 1. The first-order chi connectivity index (χ1) is 20.3. The smallest absolute Gasteiger partial charge is 0.255 e. The van der Waals surface area contributed by atoms with Crippen molar-refractivity contribution in [2.45, 2.75) is 20.4 Å². The van der Waals surface area contributed by atoms with Gasteiger partial charge >= 0.3 is 0 Å². The van der Waals surface area contributed by atoms with Gasteiger partial charge in [0.25, 0.3) is 5.91 Å². The van der Waals surface area contributed by atoms with Crippen molar-refractivity contribution in [3.05, 3.63) is 64.8 Å². The van der Waals surface area contributed by atoms with Crippen LogP contribution < -0.4 is 15.0 Å². The molecule has 2 fully saturated rings. The van der Waals surface area contributed by atoms with Crippen molar-refractivity contribution in [1.29, 1.82) is 0 Å². The van der Waals surface area contributed by atoms with Crippen molar-refractivity contribution in [2.75, 3.05) is 69.7 Å². The maximum absolute atomic E-state index is 13.3. The number of ether oxygens (including phenoxy) is 2. The van der Waals surface area contributed by atoms with E-state index in [-0.39, 0.29) is 5.91 Å². The van der Waals surface area contributed by atoms with Crippen molar-refractivity contribution in [1.82, 2.24) is 29.5 Å². The van der Waals surface area contributed by atoms with Gasteiger partial charge in [-0.1, -0.05) is 12.1 Å². The average Bonchev–Trinajstić information content (AvgIpc) is 3.37. The lowest BCUT2D eigenvalue weighted by atomic mass is 10.1. The number of hydrogen-bond acceptors (Lipinski definition) is 9. The van der Waals surface area contributed by atoms with Crippen LogP contribution in [-0.2, 0) is 18.3 Å².